The van der Waals surface area contributed by atoms with Crippen molar-refractivity contribution in [2.75, 3.05) is 46.3 Å². The number of nitrogens with one attached hydrogen (secondary N) is 1. The Hall–Kier alpha value is -3.27. The molecule has 2 rings (SSSR count). The highest BCUT2D eigenvalue weighted by atomic mass is 16.5. The zero-order valence-corrected chi connectivity index (χ0v) is 15.8. The normalized spacial score (nSPS) is 13.6. The summed E-state index contributed by atoms with van der Waals surface area (Å²) in [6, 6.07) is 2.90. The number of carbonyl (C=O) groups excluding carboxylic acids is 3. The molecule has 10 nitrogen and oxygen atoms in total. The lowest BCUT2D eigenvalue weighted by atomic mass is 10.1. The molecule has 0 fully saturated rings. The first kappa shape index (κ1) is 21.0. The summed E-state index contributed by atoms with van der Waals surface area (Å²) in [5, 5.41) is 22.2. The quantitative estimate of drug-likeness (QED) is 0.404. The number of hydrogen-bond acceptors (Lipinski definition) is 9. The summed E-state index contributed by atoms with van der Waals surface area (Å²) >= 11 is 0. The van der Waals surface area contributed by atoms with Crippen LogP contribution < -0.4 is 10.1 Å². The number of hydrogen-bond donors (Lipinski definition) is 3. The topological polar surface area (TPSA) is 135 Å². The lowest BCUT2D eigenvalue weighted by Crippen LogP contribution is -2.31. The standard InChI is InChI=1S/C18H22N2O8/c1-26-13-7-10(8-14(22)27-2)6-12(16(13)23)19-15-11(18(25)28-3)9-20(4-5-21)17(15)24/h6-7,19,21,23H,4-5,8-9H2,1-3H3. The first-order valence-electron chi connectivity index (χ1n) is 8.31. The largest absolute Gasteiger partial charge is 0.503 e. The molecule has 0 spiro atoms. The Bertz CT molecular complexity index is 818. The number of carbonyl (C=O) groups is 3. The SMILES string of the molecule is COC(=O)Cc1cc(NC2=C(C(=O)OC)CN(CCO)C2=O)c(O)c(OC)c1. The Balaban J connectivity index is 2.45. The molecule has 1 aromatic rings. The average molecular weight is 394 g/mol. The van der Waals surface area contributed by atoms with Gasteiger partial charge in [0, 0.05) is 6.54 Å². The predicted octanol–water partition coefficient (Wildman–Crippen LogP) is -0.210. The molecule has 0 bridgehead atoms. The van der Waals surface area contributed by atoms with Crippen molar-refractivity contribution in [3.63, 3.8) is 0 Å². The highest BCUT2D eigenvalue weighted by Gasteiger charge is 2.35. The fourth-order valence-corrected chi connectivity index (χ4v) is 2.74. The second-order valence-corrected chi connectivity index (χ2v) is 5.87. The van der Waals surface area contributed by atoms with E-state index in [2.05, 4.69) is 10.1 Å². The van der Waals surface area contributed by atoms with Gasteiger partial charge in [-0.2, -0.15) is 0 Å². The van der Waals surface area contributed by atoms with Crippen molar-refractivity contribution in [1.82, 2.24) is 4.90 Å². The van der Waals surface area contributed by atoms with Crippen LogP contribution in [0.1, 0.15) is 5.56 Å². The van der Waals surface area contributed by atoms with E-state index < -0.39 is 17.8 Å². The molecule has 28 heavy (non-hydrogen) atoms. The third-order valence-electron chi connectivity index (χ3n) is 4.14. The number of benzene rings is 1. The van der Waals surface area contributed by atoms with Gasteiger partial charge in [-0.25, -0.2) is 4.79 Å². The maximum Gasteiger partial charge on any atom is 0.337 e. The molecule has 1 heterocycles. The van der Waals surface area contributed by atoms with E-state index in [0.717, 1.165) is 0 Å². The van der Waals surface area contributed by atoms with Gasteiger partial charge in [-0.1, -0.05) is 0 Å². The van der Waals surface area contributed by atoms with E-state index in [-0.39, 0.29) is 54.6 Å². The number of phenols is 1. The number of β-amino-alcohol motifs (C(OH)–C–C–N with tert-alkyl or cyclic N) is 1. The van der Waals surface area contributed by atoms with Gasteiger partial charge in [0.25, 0.3) is 5.91 Å². The number of rotatable bonds is 8. The van der Waals surface area contributed by atoms with Crippen molar-refractivity contribution in [1.29, 1.82) is 0 Å². The molecule has 0 aliphatic carbocycles. The van der Waals surface area contributed by atoms with E-state index in [9.17, 15) is 19.5 Å². The molecular formula is C18H22N2O8. The van der Waals surface area contributed by atoms with Gasteiger partial charge < -0.3 is 34.6 Å². The number of anilines is 1. The fourth-order valence-electron chi connectivity index (χ4n) is 2.74. The predicted molar refractivity (Wildman–Crippen MR) is 96.7 cm³/mol. The summed E-state index contributed by atoms with van der Waals surface area (Å²) in [6.07, 6.45) is -0.0880. The summed E-state index contributed by atoms with van der Waals surface area (Å²) in [5.41, 5.74) is 0.487. The molecule has 152 valence electrons. The van der Waals surface area contributed by atoms with Crippen molar-refractivity contribution in [3.8, 4) is 11.5 Å². The van der Waals surface area contributed by atoms with E-state index in [1.807, 2.05) is 0 Å². The number of aliphatic hydroxyl groups is 1. The van der Waals surface area contributed by atoms with Crippen LogP contribution in [0.15, 0.2) is 23.4 Å². The lowest BCUT2D eigenvalue weighted by molar-refractivity contribution is -0.140. The Morgan fingerprint density at radius 3 is 2.50 bits per heavy atom. The molecule has 1 aromatic carbocycles. The van der Waals surface area contributed by atoms with Gasteiger partial charge in [0.05, 0.1) is 52.2 Å². The first-order chi connectivity index (χ1) is 13.4. The Morgan fingerprint density at radius 2 is 1.93 bits per heavy atom. The smallest absolute Gasteiger partial charge is 0.337 e. The Kier molecular flexibility index (Phi) is 6.83. The monoisotopic (exact) mass is 394 g/mol. The number of aromatic hydroxyl groups is 1. The van der Waals surface area contributed by atoms with Gasteiger partial charge in [-0.3, -0.25) is 9.59 Å². The summed E-state index contributed by atoms with van der Waals surface area (Å²) in [6.45, 7) is -0.294. The molecular weight excluding hydrogens is 372 g/mol. The zero-order chi connectivity index (χ0) is 20.8. The van der Waals surface area contributed by atoms with E-state index in [0.29, 0.717) is 5.56 Å². The summed E-state index contributed by atoms with van der Waals surface area (Å²) in [7, 11) is 3.77. The van der Waals surface area contributed by atoms with Crippen LogP contribution in [-0.2, 0) is 30.3 Å². The molecule has 3 N–H and O–H groups in total. The highest BCUT2D eigenvalue weighted by molar-refractivity contribution is 6.08. The maximum absolute atomic E-state index is 12.6. The Morgan fingerprint density at radius 1 is 1.21 bits per heavy atom. The second-order valence-electron chi connectivity index (χ2n) is 5.87. The third-order valence-corrected chi connectivity index (χ3v) is 4.14. The van der Waals surface area contributed by atoms with Crippen LogP contribution in [-0.4, -0.2) is 74.0 Å². The molecule has 0 saturated carbocycles. The molecule has 1 aliphatic heterocycles. The van der Waals surface area contributed by atoms with Gasteiger partial charge in [0.15, 0.2) is 11.5 Å². The van der Waals surface area contributed by atoms with Crippen LogP contribution in [0.2, 0.25) is 0 Å². The molecule has 0 unspecified atom stereocenters. The maximum atomic E-state index is 12.6. The molecule has 10 heteroatoms. The van der Waals surface area contributed by atoms with E-state index >= 15 is 0 Å². The summed E-state index contributed by atoms with van der Waals surface area (Å²) in [4.78, 5) is 37.5. The van der Waals surface area contributed by atoms with Gasteiger partial charge in [0.2, 0.25) is 0 Å². The van der Waals surface area contributed by atoms with E-state index in [1.165, 1.54) is 38.4 Å². The van der Waals surface area contributed by atoms with Crippen LogP contribution in [0.25, 0.3) is 0 Å². The van der Waals surface area contributed by atoms with Crippen LogP contribution >= 0.6 is 0 Å². The lowest BCUT2D eigenvalue weighted by Gasteiger charge is -2.16. The summed E-state index contributed by atoms with van der Waals surface area (Å²) < 4.78 is 14.5. The molecule has 1 aliphatic rings. The minimum absolute atomic E-state index is 0.0300. The molecule has 0 atom stereocenters. The van der Waals surface area contributed by atoms with Crippen molar-refractivity contribution in [2.45, 2.75) is 6.42 Å². The van der Waals surface area contributed by atoms with Crippen LogP contribution in [0.3, 0.4) is 0 Å². The molecule has 1 amide bonds. The van der Waals surface area contributed by atoms with Crippen molar-refractivity contribution in [2.24, 2.45) is 0 Å². The third kappa shape index (κ3) is 4.34. The average Bonchev–Trinajstić information content (AvgIpc) is 2.99. The van der Waals surface area contributed by atoms with Crippen LogP contribution in [0.5, 0.6) is 11.5 Å². The van der Waals surface area contributed by atoms with Crippen molar-refractivity contribution >= 4 is 23.5 Å². The number of ether oxygens (including phenoxy) is 3. The number of nitrogens with zero attached hydrogens (tertiary/aromatic N) is 1. The van der Waals surface area contributed by atoms with Crippen LogP contribution in [0.4, 0.5) is 5.69 Å². The number of phenolic OH excluding ortho intramolecular Hbond substituents is 1. The van der Waals surface area contributed by atoms with Crippen molar-refractivity contribution < 1.29 is 38.8 Å². The highest BCUT2D eigenvalue weighted by Crippen LogP contribution is 2.37. The molecule has 0 radical (unpaired) electrons. The Labute approximate surface area is 161 Å². The van der Waals surface area contributed by atoms with Gasteiger partial charge in [0.1, 0.15) is 5.70 Å². The zero-order valence-electron chi connectivity index (χ0n) is 15.8. The number of aliphatic hydroxyl groups excluding tert-OH is 1. The molecule has 0 saturated heterocycles. The second kappa shape index (κ2) is 9.09. The van der Waals surface area contributed by atoms with Gasteiger partial charge in [-0.05, 0) is 17.7 Å². The number of esters is 2. The number of methoxy groups -OCH3 is 3. The first-order valence-corrected chi connectivity index (χ1v) is 8.31. The minimum atomic E-state index is -0.714. The molecule has 0 aromatic heterocycles. The van der Waals surface area contributed by atoms with E-state index in [1.54, 1.807) is 0 Å². The number of amides is 1. The minimum Gasteiger partial charge on any atom is -0.503 e. The van der Waals surface area contributed by atoms with Crippen molar-refractivity contribution in [3.05, 3.63) is 29.0 Å². The van der Waals surface area contributed by atoms with Gasteiger partial charge in [-0.15, -0.1) is 0 Å². The van der Waals surface area contributed by atoms with Gasteiger partial charge >= 0.3 is 11.9 Å². The van der Waals surface area contributed by atoms with E-state index in [4.69, 9.17) is 14.6 Å². The fraction of sp³-hybridized carbons (Fsp3) is 0.389. The summed E-state index contributed by atoms with van der Waals surface area (Å²) in [5.74, 6) is -1.98. The van der Waals surface area contributed by atoms with Crippen LogP contribution in [0, 0.1) is 0 Å².